The van der Waals surface area contributed by atoms with Gasteiger partial charge in [0.2, 0.25) is 0 Å². The van der Waals surface area contributed by atoms with Gasteiger partial charge in [-0.1, -0.05) is 48.0 Å². The van der Waals surface area contributed by atoms with Crippen LogP contribution in [-0.2, 0) is 4.74 Å². The summed E-state index contributed by atoms with van der Waals surface area (Å²) < 4.78 is 19.5. The van der Waals surface area contributed by atoms with Crippen molar-refractivity contribution in [2.45, 2.75) is 19.9 Å². The zero-order chi connectivity index (χ0) is 24.8. The highest BCUT2D eigenvalue weighted by molar-refractivity contribution is 6.05. The van der Waals surface area contributed by atoms with Gasteiger partial charge in [0.1, 0.15) is 5.82 Å². The molecule has 0 bridgehead atoms. The number of halogens is 1. The highest BCUT2D eigenvalue weighted by Crippen LogP contribution is 2.23. The normalized spacial score (nSPS) is 14.8. The van der Waals surface area contributed by atoms with Gasteiger partial charge in [0.05, 0.1) is 24.8 Å². The van der Waals surface area contributed by atoms with Gasteiger partial charge in [0.15, 0.2) is 0 Å². The average molecular weight is 476 g/mol. The van der Waals surface area contributed by atoms with E-state index < -0.39 is 11.7 Å². The molecule has 2 amide bonds. The topological polar surface area (TPSA) is 70.7 Å². The van der Waals surface area contributed by atoms with Gasteiger partial charge in [0, 0.05) is 30.9 Å². The Kier molecular flexibility index (Phi) is 7.90. The number of nitrogens with zero attached hydrogens (tertiary/aromatic N) is 1. The van der Waals surface area contributed by atoms with Crippen LogP contribution in [0.25, 0.3) is 0 Å². The molecule has 0 spiro atoms. The highest BCUT2D eigenvalue weighted by Gasteiger charge is 2.24. The third-order valence-electron chi connectivity index (χ3n) is 6.24. The summed E-state index contributed by atoms with van der Waals surface area (Å²) in [5, 5.41) is 5.79. The lowest BCUT2D eigenvalue weighted by Gasteiger charge is -2.35. The van der Waals surface area contributed by atoms with E-state index in [1.54, 1.807) is 24.3 Å². The van der Waals surface area contributed by atoms with Gasteiger partial charge in [-0.15, -0.1) is 0 Å². The minimum absolute atomic E-state index is 0.0217. The van der Waals surface area contributed by atoms with E-state index in [4.69, 9.17) is 4.74 Å². The van der Waals surface area contributed by atoms with Crippen LogP contribution < -0.4 is 10.6 Å². The van der Waals surface area contributed by atoms with Crippen molar-refractivity contribution in [3.63, 3.8) is 0 Å². The first-order valence-electron chi connectivity index (χ1n) is 11.8. The Morgan fingerprint density at radius 3 is 2.49 bits per heavy atom. The summed E-state index contributed by atoms with van der Waals surface area (Å²) in [4.78, 5) is 28.0. The number of aryl methyl sites for hydroxylation is 2. The number of carbonyl (C=O) groups excluding carboxylic acids is 2. The molecule has 0 saturated carbocycles. The highest BCUT2D eigenvalue weighted by atomic mass is 19.1. The van der Waals surface area contributed by atoms with Crippen LogP contribution in [0, 0.1) is 19.7 Å². The Morgan fingerprint density at radius 1 is 0.971 bits per heavy atom. The molecule has 0 aliphatic carbocycles. The fourth-order valence-electron chi connectivity index (χ4n) is 4.25. The van der Waals surface area contributed by atoms with Crippen LogP contribution in [0.15, 0.2) is 66.7 Å². The maximum Gasteiger partial charge on any atom is 0.258 e. The van der Waals surface area contributed by atoms with E-state index in [1.165, 1.54) is 23.8 Å². The van der Waals surface area contributed by atoms with E-state index in [0.717, 1.165) is 24.2 Å². The molecule has 1 saturated heterocycles. The number of nitrogens with one attached hydrogen (secondary N) is 2. The number of hydrogen-bond acceptors (Lipinski definition) is 4. The van der Waals surface area contributed by atoms with E-state index in [-0.39, 0.29) is 17.5 Å². The molecule has 1 fully saturated rings. The van der Waals surface area contributed by atoms with Crippen molar-refractivity contribution in [3.05, 3.63) is 100 Å². The standard InChI is InChI=1S/C28H30FN3O3/c1-19-6-5-7-21(16-19)26(32-12-14-35-15-13-32)18-30-27(33)22-11-10-20(2)25(17-22)31-28(34)23-8-3-4-9-24(23)29/h3-11,16-17,26H,12-15,18H2,1-2H3,(H,30,33)(H,31,34). The number of hydrogen-bond donors (Lipinski definition) is 2. The lowest BCUT2D eigenvalue weighted by Crippen LogP contribution is -2.43. The molecule has 6 nitrogen and oxygen atoms in total. The first-order valence-corrected chi connectivity index (χ1v) is 11.8. The molecule has 1 heterocycles. The molecular weight excluding hydrogens is 445 g/mol. The molecule has 7 heteroatoms. The predicted octanol–water partition coefficient (Wildman–Crippen LogP) is 4.50. The number of morpholine rings is 1. The summed E-state index contributed by atoms with van der Waals surface area (Å²) >= 11 is 0. The number of benzene rings is 3. The monoisotopic (exact) mass is 475 g/mol. The number of ether oxygens (including phenoxy) is 1. The molecule has 35 heavy (non-hydrogen) atoms. The van der Waals surface area contributed by atoms with Crippen LogP contribution in [0.4, 0.5) is 10.1 Å². The minimum Gasteiger partial charge on any atom is -0.379 e. The quantitative estimate of drug-likeness (QED) is 0.528. The smallest absolute Gasteiger partial charge is 0.258 e. The summed E-state index contributed by atoms with van der Waals surface area (Å²) in [6.07, 6.45) is 0. The average Bonchev–Trinajstić information content (AvgIpc) is 2.86. The lowest BCUT2D eigenvalue weighted by atomic mass is 10.0. The molecule has 3 aromatic carbocycles. The van der Waals surface area contributed by atoms with Crippen molar-refractivity contribution in [1.82, 2.24) is 10.2 Å². The Morgan fingerprint density at radius 2 is 1.74 bits per heavy atom. The second-order valence-electron chi connectivity index (χ2n) is 8.75. The van der Waals surface area contributed by atoms with Gasteiger partial charge in [-0.05, 0) is 49.2 Å². The number of carbonyl (C=O) groups is 2. The largest absolute Gasteiger partial charge is 0.379 e. The Balaban J connectivity index is 1.48. The number of rotatable bonds is 7. The molecule has 4 rings (SSSR count). The van der Waals surface area contributed by atoms with Crippen LogP contribution in [-0.4, -0.2) is 49.6 Å². The Hall–Kier alpha value is -3.55. The third kappa shape index (κ3) is 6.12. The lowest BCUT2D eigenvalue weighted by molar-refractivity contribution is 0.0162. The number of anilines is 1. The summed E-state index contributed by atoms with van der Waals surface area (Å²) in [5.74, 6) is -1.39. The Bertz CT molecular complexity index is 1210. The molecule has 1 aliphatic heterocycles. The van der Waals surface area contributed by atoms with Crippen LogP contribution in [0.3, 0.4) is 0 Å². The number of amides is 2. The van der Waals surface area contributed by atoms with Crippen molar-refractivity contribution in [2.75, 3.05) is 38.2 Å². The summed E-state index contributed by atoms with van der Waals surface area (Å²) in [6, 6.07) is 19.3. The van der Waals surface area contributed by atoms with Gasteiger partial charge in [0.25, 0.3) is 11.8 Å². The predicted molar refractivity (Wildman–Crippen MR) is 134 cm³/mol. The summed E-state index contributed by atoms with van der Waals surface area (Å²) in [5.41, 5.74) is 3.93. The first kappa shape index (κ1) is 24.6. The maximum absolute atomic E-state index is 14.0. The van der Waals surface area contributed by atoms with Crippen molar-refractivity contribution in [2.24, 2.45) is 0 Å². The summed E-state index contributed by atoms with van der Waals surface area (Å²) in [6.45, 7) is 7.24. The van der Waals surface area contributed by atoms with Crippen LogP contribution in [0.1, 0.15) is 43.4 Å². The molecule has 1 unspecified atom stereocenters. The fourth-order valence-corrected chi connectivity index (χ4v) is 4.25. The molecular formula is C28H30FN3O3. The third-order valence-corrected chi connectivity index (χ3v) is 6.24. The van der Waals surface area contributed by atoms with E-state index in [2.05, 4.69) is 40.7 Å². The maximum atomic E-state index is 14.0. The molecule has 2 N–H and O–H groups in total. The van der Waals surface area contributed by atoms with E-state index in [1.807, 2.05) is 13.0 Å². The zero-order valence-electron chi connectivity index (χ0n) is 20.0. The van der Waals surface area contributed by atoms with Crippen molar-refractivity contribution < 1.29 is 18.7 Å². The van der Waals surface area contributed by atoms with Crippen LogP contribution in [0.5, 0.6) is 0 Å². The van der Waals surface area contributed by atoms with E-state index in [9.17, 15) is 14.0 Å². The molecule has 0 radical (unpaired) electrons. The molecule has 1 aliphatic rings. The van der Waals surface area contributed by atoms with Gasteiger partial charge < -0.3 is 15.4 Å². The first-order chi connectivity index (χ1) is 16.9. The van der Waals surface area contributed by atoms with Crippen LogP contribution >= 0.6 is 0 Å². The molecule has 1 atom stereocenters. The Labute approximate surface area is 205 Å². The van der Waals surface area contributed by atoms with Gasteiger partial charge in [-0.3, -0.25) is 14.5 Å². The SMILES string of the molecule is Cc1cccc(C(CNC(=O)c2ccc(C)c(NC(=O)c3ccccc3F)c2)N2CCOCC2)c1. The van der Waals surface area contributed by atoms with Gasteiger partial charge in [-0.2, -0.15) is 0 Å². The van der Waals surface area contributed by atoms with Crippen molar-refractivity contribution in [1.29, 1.82) is 0 Å². The zero-order valence-corrected chi connectivity index (χ0v) is 20.0. The van der Waals surface area contributed by atoms with Crippen molar-refractivity contribution >= 4 is 17.5 Å². The van der Waals surface area contributed by atoms with Gasteiger partial charge >= 0.3 is 0 Å². The fraction of sp³-hybridized carbons (Fsp3) is 0.286. The second-order valence-corrected chi connectivity index (χ2v) is 8.75. The minimum atomic E-state index is -0.596. The van der Waals surface area contributed by atoms with E-state index >= 15 is 0 Å². The molecule has 182 valence electrons. The second kappa shape index (κ2) is 11.3. The summed E-state index contributed by atoms with van der Waals surface area (Å²) in [7, 11) is 0. The van der Waals surface area contributed by atoms with Crippen molar-refractivity contribution in [3.8, 4) is 0 Å². The van der Waals surface area contributed by atoms with Crippen LogP contribution in [0.2, 0.25) is 0 Å². The molecule has 3 aromatic rings. The van der Waals surface area contributed by atoms with E-state index in [0.29, 0.717) is 31.0 Å². The van der Waals surface area contributed by atoms with Gasteiger partial charge in [-0.25, -0.2) is 4.39 Å². The molecule has 0 aromatic heterocycles.